The van der Waals surface area contributed by atoms with E-state index in [1.807, 2.05) is 23.6 Å². The number of aliphatic carboxylic acids is 2. The first-order valence-corrected chi connectivity index (χ1v) is 14.9. The van der Waals surface area contributed by atoms with Crippen molar-refractivity contribution < 1.29 is 34.2 Å². The highest BCUT2D eigenvalue weighted by atomic mass is 16.4. The highest BCUT2D eigenvalue weighted by Gasteiger charge is 2.26. The van der Waals surface area contributed by atoms with Gasteiger partial charge in [0.05, 0.1) is 19.6 Å². The number of piperidine rings is 1. The Morgan fingerprint density at radius 1 is 0.683 bits per heavy atom. The fourth-order valence-corrected chi connectivity index (χ4v) is 5.14. The maximum Gasteiger partial charge on any atom is 0.317 e. The molecule has 2 heterocycles. The lowest BCUT2D eigenvalue weighted by Gasteiger charge is -2.35. The van der Waals surface area contributed by atoms with Gasteiger partial charge in [0.25, 0.3) is 0 Å². The second-order valence-corrected chi connectivity index (χ2v) is 11.4. The minimum absolute atomic E-state index is 0.00858. The van der Waals surface area contributed by atoms with E-state index in [1.165, 1.54) is 0 Å². The number of nitrogens with zero attached hydrogens (tertiary/aromatic N) is 5. The maximum atomic E-state index is 13.2. The number of amides is 2. The zero-order valence-electron chi connectivity index (χ0n) is 25.1. The number of hydrogen-bond acceptors (Lipinski definition) is 9. The van der Waals surface area contributed by atoms with Crippen LogP contribution in [0.25, 0.3) is 0 Å². The van der Waals surface area contributed by atoms with Crippen LogP contribution in [0.3, 0.4) is 0 Å². The number of likely N-dealkylation sites (N-methyl/N-ethyl adjacent to an activating group) is 1. The minimum Gasteiger partial charge on any atom is -0.480 e. The normalized spacial score (nSPS) is 19.9. The molecule has 0 atom stereocenters. The van der Waals surface area contributed by atoms with Crippen molar-refractivity contribution in [2.24, 2.45) is 5.92 Å². The standard InChI is InChI=1S/C28H50N6O7/c1-4-30-11-13-31(15-16-33(21-28(40)41)18-17-32(14-12-30)20-27(38)39)19-26(37)34-9-7-23(8-10-34)29-25(36)6-5-24(35)22(2)3/h22-23H,4-21H2,1-3H3,(H,29,36)(H,38,39)(H,40,41). The number of carboxylic acid groups (broad SMARTS) is 2. The summed E-state index contributed by atoms with van der Waals surface area (Å²) in [5.41, 5.74) is 0. The monoisotopic (exact) mass is 582 g/mol. The molecule has 41 heavy (non-hydrogen) atoms. The van der Waals surface area contributed by atoms with E-state index in [0.717, 1.165) is 13.1 Å². The van der Waals surface area contributed by atoms with Gasteiger partial charge in [-0.2, -0.15) is 0 Å². The zero-order valence-corrected chi connectivity index (χ0v) is 25.1. The quantitative estimate of drug-likeness (QED) is 0.273. The maximum absolute atomic E-state index is 13.2. The van der Waals surface area contributed by atoms with Crippen molar-refractivity contribution in [3.05, 3.63) is 0 Å². The molecular formula is C28H50N6O7. The Morgan fingerprint density at radius 3 is 1.54 bits per heavy atom. The lowest BCUT2D eigenvalue weighted by Crippen LogP contribution is -2.51. The summed E-state index contributed by atoms with van der Waals surface area (Å²) in [4.78, 5) is 69.9. The summed E-state index contributed by atoms with van der Waals surface area (Å²) in [5, 5.41) is 21.7. The molecule has 0 aromatic heterocycles. The van der Waals surface area contributed by atoms with Gasteiger partial charge >= 0.3 is 11.9 Å². The van der Waals surface area contributed by atoms with Crippen molar-refractivity contribution in [2.75, 3.05) is 91.6 Å². The number of carbonyl (C=O) groups excluding carboxylic acids is 3. The van der Waals surface area contributed by atoms with Gasteiger partial charge in [-0.05, 0) is 19.4 Å². The number of ketones is 1. The number of Topliss-reactive ketones (excluding diaryl/α,β-unsaturated/α-hetero) is 1. The molecule has 13 nitrogen and oxygen atoms in total. The average Bonchev–Trinajstić information content (AvgIpc) is 2.91. The summed E-state index contributed by atoms with van der Waals surface area (Å²) < 4.78 is 0. The fourth-order valence-electron chi connectivity index (χ4n) is 5.14. The molecule has 0 bridgehead atoms. The Bertz CT molecular complexity index is 878. The third kappa shape index (κ3) is 13.7. The molecular weight excluding hydrogens is 532 g/mol. The van der Waals surface area contributed by atoms with Crippen LogP contribution < -0.4 is 5.32 Å². The molecule has 2 fully saturated rings. The van der Waals surface area contributed by atoms with E-state index >= 15 is 0 Å². The SMILES string of the molecule is CCN1CCN(CC(=O)O)CCN(CC(=O)O)CCN(CC(=O)N2CCC(NC(=O)CCC(=O)C(C)C)CC2)CC1. The molecule has 13 heteroatoms. The van der Waals surface area contributed by atoms with E-state index < -0.39 is 11.9 Å². The van der Waals surface area contributed by atoms with Crippen LogP contribution in [0.2, 0.25) is 0 Å². The molecule has 0 aromatic rings. The Balaban J connectivity index is 1.92. The average molecular weight is 583 g/mol. The van der Waals surface area contributed by atoms with E-state index in [2.05, 4.69) is 22.0 Å². The van der Waals surface area contributed by atoms with Gasteiger partial charge in [0.1, 0.15) is 5.78 Å². The first kappa shape index (κ1) is 34.6. The van der Waals surface area contributed by atoms with Crippen molar-refractivity contribution >= 4 is 29.5 Å². The molecule has 2 aliphatic heterocycles. The van der Waals surface area contributed by atoms with E-state index in [1.54, 1.807) is 4.90 Å². The Morgan fingerprint density at radius 2 is 1.12 bits per heavy atom. The minimum atomic E-state index is -0.942. The predicted molar refractivity (Wildman–Crippen MR) is 154 cm³/mol. The van der Waals surface area contributed by atoms with E-state index in [9.17, 15) is 34.2 Å². The van der Waals surface area contributed by atoms with Crippen LogP contribution in [-0.4, -0.2) is 162 Å². The molecule has 2 aliphatic rings. The number of nitrogens with one attached hydrogen (secondary N) is 1. The number of carboxylic acids is 2. The number of carbonyl (C=O) groups is 5. The molecule has 2 saturated heterocycles. The summed E-state index contributed by atoms with van der Waals surface area (Å²) in [6, 6.07) is -0.00858. The molecule has 0 aromatic carbocycles. The number of likely N-dealkylation sites (tertiary alicyclic amines) is 1. The Kier molecular flexibility index (Phi) is 15.2. The van der Waals surface area contributed by atoms with Crippen molar-refractivity contribution in [1.29, 1.82) is 0 Å². The third-order valence-electron chi connectivity index (χ3n) is 7.91. The van der Waals surface area contributed by atoms with Gasteiger partial charge in [0.2, 0.25) is 11.8 Å². The van der Waals surface area contributed by atoms with Crippen LogP contribution in [0, 0.1) is 5.92 Å². The van der Waals surface area contributed by atoms with Gasteiger partial charge in [0, 0.05) is 90.2 Å². The van der Waals surface area contributed by atoms with Crippen LogP contribution in [-0.2, 0) is 24.0 Å². The lowest BCUT2D eigenvalue weighted by molar-refractivity contribution is -0.140. The first-order valence-electron chi connectivity index (χ1n) is 14.9. The molecule has 234 valence electrons. The molecule has 0 unspecified atom stereocenters. The number of rotatable bonds is 12. The Hall–Kier alpha value is -2.61. The smallest absolute Gasteiger partial charge is 0.317 e. The highest BCUT2D eigenvalue weighted by Crippen LogP contribution is 2.12. The van der Waals surface area contributed by atoms with Gasteiger partial charge < -0.3 is 25.3 Å². The molecule has 2 amide bonds. The van der Waals surface area contributed by atoms with E-state index in [4.69, 9.17) is 0 Å². The van der Waals surface area contributed by atoms with Crippen molar-refractivity contribution in [3.63, 3.8) is 0 Å². The second kappa shape index (κ2) is 18.0. The van der Waals surface area contributed by atoms with Crippen LogP contribution >= 0.6 is 0 Å². The first-order chi connectivity index (χ1) is 19.5. The summed E-state index contributed by atoms with van der Waals surface area (Å²) in [6.45, 7) is 12.1. The fraction of sp³-hybridized carbons (Fsp3) is 0.821. The summed E-state index contributed by atoms with van der Waals surface area (Å²) in [7, 11) is 0. The van der Waals surface area contributed by atoms with Crippen LogP contribution in [0.15, 0.2) is 0 Å². The largest absolute Gasteiger partial charge is 0.480 e. The molecule has 0 aliphatic carbocycles. The summed E-state index contributed by atoms with van der Waals surface area (Å²) >= 11 is 0. The molecule has 2 rings (SSSR count). The van der Waals surface area contributed by atoms with Gasteiger partial charge in [-0.3, -0.25) is 38.7 Å². The van der Waals surface area contributed by atoms with Crippen LogP contribution in [0.5, 0.6) is 0 Å². The van der Waals surface area contributed by atoms with Crippen molar-refractivity contribution in [2.45, 2.75) is 52.5 Å². The molecule has 3 N–H and O–H groups in total. The summed E-state index contributed by atoms with van der Waals surface area (Å²) in [5.74, 6) is -1.95. The highest BCUT2D eigenvalue weighted by molar-refractivity contribution is 5.86. The van der Waals surface area contributed by atoms with Crippen LogP contribution in [0.4, 0.5) is 0 Å². The van der Waals surface area contributed by atoms with Crippen molar-refractivity contribution in [3.8, 4) is 0 Å². The van der Waals surface area contributed by atoms with E-state index in [0.29, 0.717) is 71.7 Å². The van der Waals surface area contributed by atoms with Crippen LogP contribution in [0.1, 0.15) is 46.5 Å². The van der Waals surface area contributed by atoms with E-state index in [-0.39, 0.29) is 62.0 Å². The zero-order chi connectivity index (χ0) is 30.4. The molecule has 0 radical (unpaired) electrons. The topological polar surface area (TPSA) is 154 Å². The Labute approximate surface area is 243 Å². The summed E-state index contributed by atoms with van der Waals surface area (Å²) in [6.07, 6.45) is 1.77. The molecule has 0 spiro atoms. The van der Waals surface area contributed by atoms with Gasteiger partial charge in [-0.25, -0.2) is 0 Å². The molecule has 0 saturated carbocycles. The van der Waals surface area contributed by atoms with Gasteiger partial charge in [0.15, 0.2) is 0 Å². The second-order valence-electron chi connectivity index (χ2n) is 11.4. The van der Waals surface area contributed by atoms with Gasteiger partial charge in [-0.1, -0.05) is 20.8 Å². The van der Waals surface area contributed by atoms with Gasteiger partial charge in [-0.15, -0.1) is 0 Å². The lowest BCUT2D eigenvalue weighted by atomic mass is 10.0. The number of hydrogen-bond donors (Lipinski definition) is 3. The predicted octanol–water partition coefficient (Wildman–Crippen LogP) is -0.490. The van der Waals surface area contributed by atoms with Crippen molar-refractivity contribution in [1.82, 2.24) is 29.8 Å². The third-order valence-corrected chi connectivity index (χ3v) is 7.91.